The average molecular weight is 350 g/mol. The molecule has 5 nitrogen and oxygen atoms in total. The first-order valence-corrected chi connectivity index (χ1v) is 7.92. The van der Waals surface area contributed by atoms with Crippen LogP contribution in [0.25, 0.3) is 0 Å². The summed E-state index contributed by atoms with van der Waals surface area (Å²) in [4.78, 5) is 20.0. The number of carbonyl (C=O) groups excluding carboxylic acids is 1. The van der Waals surface area contributed by atoms with Crippen molar-refractivity contribution >= 4 is 23.6 Å². The van der Waals surface area contributed by atoms with Gasteiger partial charge in [-0.2, -0.15) is 30.5 Å². The molecule has 1 aliphatic rings. The average Bonchev–Trinajstić information content (AvgIpc) is 2.82. The third-order valence-electron chi connectivity index (χ3n) is 3.43. The second-order valence-electron chi connectivity index (χ2n) is 5.10. The highest BCUT2D eigenvalue weighted by Gasteiger charge is 2.50. The van der Waals surface area contributed by atoms with Crippen LogP contribution in [-0.2, 0) is 10.3 Å². The van der Waals surface area contributed by atoms with E-state index >= 15 is 0 Å². The molecule has 0 radical (unpaired) electrons. The van der Waals surface area contributed by atoms with Crippen molar-refractivity contribution in [2.24, 2.45) is 4.99 Å². The Labute approximate surface area is 134 Å². The van der Waals surface area contributed by atoms with E-state index in [1.54, 1.807) is 20.4 Å². The summed E-state index contributed by atoms with van der Waals surface area (Å²) in [5, 5.41) is 2.61. The minimum atomic E-state index is -2.01. The maximum atomic E-state index is 14.2. The summed E-state index contributed by atoms with van der Waals surface area (Å²) in [7, 11) is 3.12. The van der Waals surface area contributed by atoms with Crippen LogP contribution >= 0.6 is 11.8 Å². The topological polar surface area (TPSA) is 57.6 Å². The lowest BCUT2D eigenvalue weighted by Gasteiger charge is -2.29. The number of amides is 1. The first kappa shape index (κ1) is 17.5. The minimum Gasteiger partial charge on any atom is -0.349 e. The molecule has 1 aliphatic heterocycles. The molecular weight excluding hydrogens is 336 g/mol. The molecule has 0 spiro atoms. The van der Waals surface area contributed by atoms with Crippen LogP contribution in [-0.4, -0.2) is 47.9 Å². The molecule has 0 saturated heterocycles. The van der Waals surface area contributed by atoms with Gasteiger partial charge in [-0.15, -0.1) is 0 Å². The summed E-state index contributed by atoms with van der Waals surface area (Å²) in [5.74, 6) is -7.60. The van der Waals surface area contributed by atoms with Crippen LogP contribution in [0.2, 0.25) is 0 Å². The summed E-state index contributed by atoms with van der Waals surface area (Å²) >= 11 is 1.31. The van der Waals surface area contributed by atoms with Crippen molar-refractivity contribution in [3.05, 3.63) is 29.1 Å². The number of aromatic nitrogens is 1. The number of carbonyl (C=O) groups is 1. The molecule has 2 rings (SSSR count). The molecule has 1 unspecified atom stereocenters. The Kier molecular flexibility index (Phi) is 4.83. The molecule has 0 fully saturated rings. The first-order valence-electron chi connectivity index (χ1n) is 6.52. The number of aliphatic imine (C=N–C) groups is 1. The quantitative estimate of drug-likeness (QED) is 0.661. The highest BCUT2D eigenvalue weighted by atomic mass is 32.2. The third kappa shape index (κ3) is 2.87. The maximum Gasteiger partial charge on any atom is 0.279 e. The van der Waals surface area contributed by atoms with Crippen LogP contribution in [0, 0.1) is 23.5 Å². The van der Waals surface area contributed by atoms with Gasteiger partial charge in [-0.3, -0.25) is 4.79 Å². The molecule has 0 bridgehead atoms. The van der Waals surface area contributed by atoms with Crippen LogP contribution in [0.3, 0.4) is 0 Å². The van der Waals surface area contributed by atoms with Crippen molar-refractivity contribution in [1.29, 1.82) is 0 Å². The predicted molar refractivity (Wildman–Crippen MR) is 78.0 cm³/mol. The van der Waals surface area contributed by atoms with Crippen LogP contribution < -0.4 is 5.32 Å². The van der Waals surface area contributed by atoms with Gasteiger partial charge in [0.2, 0.25) is 5.96 Å². The molecule has 1 atom stereocenters. The Hall–Kier alpha value is -1.84. The summed E-state index contributed by atoms with van der Waals surface area (Å²) in [6, 6.07) is 0. The second kappa shape index (κ2) is 6.34. The maximum absolute atomic E-state index is 14.2. The lowest BCUT2D eigenvalue weighted by atomic mass is 9.86. The number of hydrogen-bond donors (Lipinski definition) is 1. The Morgan fingerprint density at radius 1 is 1.17 bits per heavy atom. The number of nitrogens with zero attached hydrogens (tertiary/aromatic N) is 3. The molecule has 10 heteroatoms. The smallest absolute Gasteiger partial charge is 0.279 e. The van der Waals surface area contributed by atoms with E-state index in [-0.39, 0.29) is 12.4 Å². The number of halogens is 4. The van der Waals surface area contributed by atoms with Gasteiger partial charge >= 0.3 is 0 Å². The standard InChI is InChI=1S/C13H14F4N4OS/c1-21(2)12-19-11(22)13(20-12,4-5-23-3)6-7(14)9(16)18-10(17)8(6)15/h4-5H2,1-3H3,(H,19,20,22). The summed E-state index contributed by atoms with van der Waals surface area (Å²) < 4.78 is 55.2. The van der Waals surface area contributed by atoms with Gasteiger partial charge in [0.05, 0.1) is 5.56 Å². The zero-order chi connectivity index (χ0) is 17.4. The molecular formula is C13H14F4N4OS. The monoisotopic (exact) mass is 350 g/mol. The van der Waals surface area contributed by atoms with E-state index in [1.165, 1.54) is 16.7 Å². The summed E-state index contributed by atoms with van der Waals surface area (Å²) in [5.41, 5.74) is -3.05. The van der Waals surface area contributed by atoms with Gasteiger partial charge in [-0.1, -0.05) is 0 Å². The van der Waals surface area contributed by atoms with Crippen LogP contribution in [0.5, 0.6) is 0 Å². The number of guanidine groups is 1. The largest absolute Gasteiger partial charge is 0.349 e. The Bertz CT molecular complexity index is 656. The normalized spacial score (nSPS) is 20.5. The van der Waals surface area contributed by atoms with E-state index in [9.17, 15) is 22.4 Å². The van der Waals surface area contributed by atoms with Crippen molar-refractivity contribution in [2.45, 2.75) is 12.0 Å². The molecule has 0 saturated carbocycles. The van der Waals surface area contributed by atoms with Gasteiger partial charge in [0.25, 0.3) is 17.8 Å². The minimum absolute atomic E-state index is 0.0486. The van der Waals surface area contributed by atoms with Gasteiger partial charge in [-0.25, -0.2) is 8.78 Å². The molecule has 0 aromatic carbocycles. The second-order valence-corrected chi connectivity index (χ2v) is 6.09. The van der Waals surface area contributed by atoms with Crippen LogP contribution in [0.1, 0.15) is 12.0 Å². The molecule has 126 valence electrons. The molecule has 0 aliphatic carbocycles. The van der Waals surface area contributed by atoms with Crippen LogP contribution in [0.15, 0.2) is 4.99 Å². The van der Waals surface area contributed by atoms with E-state index in [0.717, 1.165) is 0 Å². The summed E-state index contributed by atoms with van der Waals surface area (Å²) in [6.07, 6.45) is 1.62. The molecule has 1 aromatic rings. The Morgan fingerprint density at radius 3 is 2.17 bits per heavy atom. The van der Waals surface area contributed by atoms with E-state index in [2.05, 4.69) is 15.3 Å². The molecule has 1 aromatic heterocycles. The Morgan fingerprint density at radius 2 is 1.74 bits per heavy atom. The molecule has 2 heterocycles. The Balaban J connectivity index is 2.65. The van der Waals surface area contributed by atoms with Crippen LogP contribution in [0.4, 0.5) is 17.6 Å². The molecule has 23 heavy (non-hydrogen) atoms. The zero-order valence-electron chi connectivity index (χ0n) is 12.6. The fraction of sp³-hybridized carbons (Fsp3) is 0.462. The highest BCUT2D eigenvalue weighted by Crippen LogP contribution is 2.36. The van der Waals surface area contributed by atoms with E-state index < -0.39 is 40.5 Å². The predicted octanol–water partition coefficient (Wildman–Crippen LogP) is 1.63. The van der Waals surface area contributed by atoms with Crippen molar-refractivity contribution in [3.63, 3.8) is 0 Å². The van der Waals surface area contributed by atoms with Gasteiger partial charge in [0.1, 0.15) is 0 Å². The molecule has 1 N–H and O–H groups in total. The SMILES string of the molecule is CSCCC1(c2c(F)c(F)nc(F)c2F)NC(N(C)C)=NC1=O. The van der Waals surface area contributed by atoms with E-state index in [4.69, 9.17) is 0 Å². The fourth-order valence-electron chi connectivity index (χ4n) is 2.26. The number of thioether (sulfide) groups is 1. The van der Waals surface area contributed by atoms with Gasteiger partial charge in [-0.05, 0) is 18.4 Å². The number of nitrogens with one attached hydrogen (secondary N) is 1. The van der Waals surface area contributed by atoms with Crippen molar-refractivity contribution < 1.29 is 22.4 Å². The van der Waals surface area contributed by atoms with E-state index in [0.29, 0.717) is 5.75 Å². The third-order valence-corrected chi connectivity index (χ3v) is 4.04. The lowest BCUT2D eigenvalue weighted by molar-refractivity contribution is -0.123. The van der Waals surface area contributed by atoms with E-state index in [1.807, 2.05) is 0 Å². The molecule has 1 amide bonds. The summed E-state index contributed by atoms with van der Waals surface area (Å²) in [6.45, 7) is 0. The highest BCUT2D eigenvalue weighted by molar-refractivity contribution is 7.98. The first-order chi connectivity index (χ1) is 10.7. The zero-order valence-corrected chi connectivity index (χ0v) is 13.4. The van der Waals surface area contributed by atoms with Gasteiger partial charge < -0.3 is 10.2 Å². The number of hydrogen-bond acceptors (Lipinski definition) is 5. The van der Waals surface area contributed by atoms with Crippen molar-refractivity contribution in [1.82, 2.24) is 15.2 Å². The van der Waals surface area contributed by atoms with Crippen molar-refractivity contribution in [2.75, 3.05) is 26.1 Å². The number of pyridine rings is 1. The van der Waals surface area contributed by atoms with Crippen molar-refractivity contribution in [3.8, 4) is 0 Å². The fourth-order valence-corrected chi connectivity index (χ4v) is 2.77. The van der Waals surface area contributed by atoms with Gasteiger partial charge in [0.15, 0.2) is 17.2 Å². The number of rotatable bonds is 4. The van der Waals surface area contributed by atoms with Gasteiger partial charge in [0, 0.05) is 14.1 Å². The lowest BCUT2D eigenvalue weighted by Crippen LogP contribution is -2.50.